The molecule has 0 aliphatic rings. The molecule has 0 saturated carbocycles. The molecule has 0 radical (unpaired) electrons. The molecule has 3 aromatic rings. The summed E-state index contributed by atoms with van der Waals surface area (Å²) in [5.41, 5.74) is 3.13. The topological polar surface area (TPSA) is 79.0 Å². The molecule has 0 bridgehead atoms. The van der Waals surface area contributed by atoms with Gasteiger partial charge >= 0.3 is 0 Å². The molecule has 0 fully saturated rings. The van der Waals surface area contributed by atoms with Crippen LogP contribution in [0.4, 0.5) is 0 Å². The number of aryl methyl sites for hydroxylation is 2. The first-order valence-electron chi connectivity index (χ1n) is 7.08. The zero-order chi connectivity index (χ0) is 16.6. The van der Waals surface area contributed by atoms with Gasteiger partial charge in [-0.15, -0.1) is 0 Å². The molecule has 23 heavy (non-hydrogen) atoms. The summed E-state index contributed by atoms with van der Waals surface area (Å²) >= 11 is 0. The minimum atomic E-state index is -3.88. The van der Waals surface area contributed by atoms with Crippen LogP contribution in [0, 0.1) is 13.8 Å². The summed E-state index contributed by atoms with van der Waals surface area (Å²) in [7, 11) is -3.88. The Labute approximate surface area is 134 Å². The van der Waals surface area contributed by atoms with Gasteiger partial charge in [0.1, 0.15) is 0 Å². The molecule has 1 aromatic heterocycles. The quantitative estimate of drug-likeness (QED) is 0.776. The summed E-state index contributed by atoms with van der Waals surface area (Å²) in [4.78, 5) is 15.5. The van der Waals surface area contributed by atoms with Crippen molar-refractivity contribution in [3.8, 4) is 0 Å². The van der Waals surface area contributed by atoms with E-state index in [1.165, 1.54) is 12.1 Å². The number of amides is 1. The van der Waals surface area contributed by atoms with E-state index in [-0.39, 0.29) is 4.90 Å². The SMILES string of the molecule is Cc1ccc(S(=O)(=O)NC(=O)c2ccc3[nH]c(C)cc3c2)cc1. The van der Waals surface area contributed by atoms with Crippen LogP contribution in [-0.4, -0.2) is 19.3 Å². The second kappa shape index (κ2) is 5.55. The molecular weight excluding hydrogens is 312 g/mol. The van der Waals surface area contributed by atoms with Gasteiger partial charge in [0.05, 0.1) is 4.90 Å². The van der Waals surface area contributed by atoms with Crippen molar-refractivity contribution in [1.82, 2.24) is 9.71 Å². The number of benzene rings is 2. The number of carbonyl (C=O) groups is 1. The molecule has 0 atom stereocenters. The van der Waals surface area contributed by atoms with Crippen LogP contribution in [0.2, 0.25) is 0 Å². The van der Waals surface area contributed by atoms with Crippen molar-refractivity contribution in [2.75, 3.05) is 0 Å². The van der Waals surface area contributed by atoms with Crippen molar-refractivity contribution < 1.29 is 13.2 Å². The molecule has 2 N–H and O–H groups in total. The maximum absolute atomic E-state index is 12.3. The second-order valence-electron chi connectivity index (χ2n) is 5.50. The number of aromatic nitrogens is 1. The van der Waals surface area contributed by atoms with Gasteiger partial charge in [0.25, 0.3) is 15.9 Å². The van der Waals surface area contributed by atoms with Crippen LogP contribution in [0.25, 0.3) is 10.9 Å². The van der Waals surface area contributed by atoms with Gasteiger partial charge in [0, 0.05) is 22.2 Å². The van der Waals surface area contributed by atoms with Gasteiger partial charge in [-0.2, -0.15) is 0 Å². The first-order valence-corrected chi connectivity index (χ1v) is 8.57. The van der Waals surface area contributed by atoms with E-state index in [1.54, 1.807) is 30.3 Å². The van der Waals surface area contributed by atoms with Crippen molar-refractivity contribution >= 4 is 26.8 Å². The number of sulfonamides is 1. The number of aromatic amines is 1. The van der Waals surface area contributed by atoms with Crippen LogP contribution in [0.15, 0.2) is 53.4 Å². The summed E-state index contributed by atoms with van der Waals surface area (Å²) in [6.07, 6.45) is 0. The Kier molecular flexibility index (Phi) is 3.69. The van der Waals surface area contributed by atoms with Crippen LogP contribution in [0.3, 0.4) is 0 Å². The van der Waals surface area contributed by atoms with E-state index in [2.05, 4.69) is 9.71 Å². The maximum atomic E-state index is 12.3. The van der Waals surface area contributed by atoms with Crippen molar-refractivity contribution in [2.45, 2.75) is 18.7 Å². The van der Waals surface area contributed by atoms with Gasteiger partial charge in [-0.25, -0.2) is 13.1 Å². The van der Waals surface area contributed by atoms with Gasteiger partial charge in [0.15, 0.2) is 0 Å². The maximum Gasteiger partial charge on any atom is 0.265 e. The minimum absolute atomic E-state index is 0.0648. The van der Waals surface area contributed by atoms with Gasteiger partial charge in [0.2, 0.25) is 0 Å². The summed E-state index contributed by atoms with van der Waals surface area (Å²) in [5.74, 6) is -0.647. The Morgan fingerprint density at radius 1 is 1.00 bits per heavy atom. The lowest BCUT2D eigenvalue weighted by atomic mass is 10.1. The molecule has 1 heterocycles. The zero-order valence-electron chi connectivity index (χ0n) is 12.8. The largest absolute Gasteiger partial charge is 0.359 e. The lowest BCUT2D eigenvalue weighted by molar-refractivity contribution is 0.0981. The third kappa shape index (κ3) is 3.12. The van der Waals surface area contributed by atoms with E-state index in [1.807, 2.05) is 19.9 Å². The van der Waals surface area contributed by atoms with Crippen molar-refractivity contribution in [2.24, 2.45) is 0 Å². The molecule has 0 unspecified atom stereocenters. The lowest BCUT2D eigenvalue weighted by Crippen LogP contribution is -2.30. The molecular formula is C17H16N2O3S. The average Bonchev–Trinajstić information content (AvgIpc) is 2.86. The van der Waals surface area contributed by atoms with Gasteiger partial charge in [-0.3, -0.25) is 4.79 Å². The molecule has 5 nitrogen and oxygen atoms in total. The first-order chi connectivity index (χ1) is 10.8. The standard InChI is InChI=1S/C17H16N2O3S/c1-11-3-6-15(7-4-11)23(21,22)19-17(20)13-5-8-16-14(10-13)9-12(2)18-16/h3-10,18H,1-2H3,(H,19,20). The summed E-state index contributed by atoms with van der Waals surface area (Å²) in [6, 6.07) is 13.3. The van der Waals surface area contributed by atoms with Gasteiger partial charge < -0.3 is 4.98 Å². The summed E-state index contributed by atoms with van der Waals surface area (Å²) in [5, 5.41) is 0.864. The average molecular weight is 328 g/mol. The highest BCUT2D eigenvalue weighted by molar-refractivity contribution is 7.90. The number of hydrogen-bond acceptors (Lipinski definition) is 3. The molecule has 1 amide bonds. The molecule has 6 heteroatoms. The fraction of sp³-hybridized carbons (Fsp3) is 0.118. The van der Waals surface area contributed by atoms with Crippen LogP contribution >= 0.6 is 0 Å². The molecule has 118 valence electrons. The summed E-state index contributed by atoms with van der Waals surface area (Å²) < 4.78 is 26.6. The number of H-pyrrole nitrogens is 1. The van der Waals surface area contributed by atoms with Crippen molar-refractivity contribution in [1.29, 1.82) is 0 Å². The minimum Gasteiger partial charge on any atom is -0.359 e. The first kappa shape index (κ1) is 15.3. The van der Waals surface area contributed by atoms with Crippen LogP contribution in [0.1, 0.15) is 21.6 Å². The Morgan fingerprint density at radius 3 is 2.39 bits per heavy atom. The van der Waals surface area contributed by atoms with Crippen LogP contribution < -0.4 is 4.72 Å². The number of carbonyl (C=O) groups excluding carboxylic acids is 1. The Balaban J connectivity index is 1.88. The van der Waals surface area contributed by atoms with E-state index < -0.39 is 15.9 Å². The van der Waals surface area contributed by atoms with E-state index in [0.29, 0.717) is 5.56 Å². The highest BCUT2D eigenvalue weighted by atomic mass is 32.2. The highest BCUT2D eigenvalue weighted by Crippen LogP contribution is 2.17. The molecule has 3 rings (SSSR count). The van der Waals surface area contributed by atoms with Gasteiger partial charge in [-0.05, 0) is 50.2 Å². The summed E-state index contributed by atoms with van der Waals surface area (Å²) in [6.45, 7) is 3.78. The molecule has 0 spiro atoms. The number of nitrogens with one attached hydrogen (secondary N) is 2. The fourth-order valence-electron chi connectivity index (χ4n) is 2.38. The highest BCUT2D eigenvalue weighted by Gasteiger charge is 2.18. The number of fused-ring (bicyclic) bond motifs is 1. The molecule has 0 aliphatic heterocycles. The van der Waals surface area contributed by atoms with E-state index >= 15 is 0 Å². The Bertz CT molecular complexity index is 986. The fourth-order valence-corrected chi connectivity index (χ4v) is 3.35. The Hall–Kier alpha value is -2.60. The van der Waals surface area contributed by atoms with Crippen LogP contribution in [-0.2, 0) is 10.0 Å². The normalized spacial score (nSPS) is 11.6. The monoisotopic (exact) mass is 328 g/mol. The number of rotatable bonds is 3. The smallest absolute Gasteiger partial charge is 0.265 e. The third-order valence-corrected chi connectivity index (χ3v) is 4.92. The van der Waals surface area contributed by atoms with Crippen molar-refractivity contribution in [3.05, 3.63) is 65.4 Å². The van der Waals surface area contributed by atoms with Crippen LogP contribution in [0.5, 0.6) is 0 Å². The van der Waals surface area contributed by atoms with Crippen molar-refractivity contribution in [3.63, 3.8) is 0 Å². The molecule has 0 saturated heterocycles. The second-order valence-corrected chi connectivity index (χ2v) is 7.18. The van der Waals surface area contributed by atoms with Gasteiger partial charge in [-0.1, -0.05) is 17.7 Å². The Morgan fingerprint density at radius 2 is 1.70 bits per heavy atom. The lowest BCUT2D eigenvalue weighted by Gasteiger charge is -2.07. The third-order valence-electron chi connectivity index (χ3n) is 3.58. The predicted octanol–water partition coefficient (Wildman–Crippen LogP) is 2.90. The molecule has 0 aliphatic carbocycles. The van der Waals surface area contributed by atoms with E-state index in [0.717, 1.165) is 22.2 Å². The molecule has 2 aromatic carbocycles. The zero-order valence-corrected chi connectivity index (χ0v) is 13.6. The predicted molar refractivity (Wildman–Crippen MR) is 88.9 cm³/mol. The number of hydrogen-bond donors (Lipinski definition) is 2. The van der Waals surface area contributed by atoms with E-state index in [4.69, 9.17) is 0 Å². The van der Waals surface area contributed by atoms with E-state index in [9.17, 15) is 13.2 Å².